The van der Waals surface area contributed by atoms with Crippen molar-refractivity contribution in [3.05, 3.63) is 122 Å². The van der Waals surface area contributed by atoms with Crippen LogP contribution in [0.3, 0.4) is 0 Å². The van der Waals surface area contributed by atoms with E-state index in [2.05, 4.69) is 71.7 Å². The number of non-ortho nitro benzene ring substituents is 1. The Hall–Kier alpha value is -3.47. The number of piperidine rings is 1. The van der Waals surface area contributed by atoms with E-state index in [0.29, 0.717) is 0 Å². The molecule has 4 nitrogen and oxygen atoms in total. The number of hydrogen-bond donors (Lipinski definition) is 0. The van der Waals surface area contributed by atoms with Crippen molar-refractivity contribution in [1.29, 1.82) is 0 Å². The van der Waals surface area contributed by atoms with Gasteiger partial charge in [-0.25, -0.2) is 0 Å². The summed E-state index contributed by atoms with van der Waals surface area (Å²) in [5.41, 5.74) is 9.13. The molecule has 1 heterocycles. The van der Waals surface area contributed by atoms with Crippen molar-refractivity contribution in [3.63, 3.8) is 0 Å². The quantitative estimate of drug-likeness (QED) is 0.236. The predicted octanol–water partition coefficient (Wildman–Crippen LogP) is 7.11. The summed E-state index contributed by atoms with van der Waals surface area (Å²) in [4.78, 5) is 13.1. The third-order valence-electron chi connectivity index (χ3n) is 6.47. The Balaban J connectivity index is 0.00000274. The summed E-state index contributed by atoms with van der Waals surface area (Å²) in [6.07, 6.45) is 10.6. The normalized spacial score (nSPS) is 15.4. The molecule has 0 aromatic heterocycles. The number of fused-ring (bicyclic) bond motifs is 2. The van der Waals surface area contributed by atoms with E-state index in [1.807, 2.05) is 12.1 Å². The molecule has 0 N–H and O–H groups in total. The average Bonchev–Trinajstić information content (AvgIpc) is 3.02. The van der Waals surface area contributed by atoms with Gasteiger partial charge in [-0.1, -0.05) is 90.5 Å². The highest BCUT2D eigenvalue weighted by atomic mass is 35.5. The van der Waals surface area contributed by atoms with Gasteiger partial charge in [-0.3, -0.25) is 15.0 Å². The Kier molecular flexibility index (Phi) is 7.41. The van der Waals surface area contributed by atoms with Crippen LogP contribution >= 0.6 is 12.4 Å². The number of nitro groups is 1. The van der Waals surface area contributed by atoms with Crippen molar-refractivity contribution in [1.82, 2.24) is 4.90 Å². The van der Waals surface area contributed by atoms with Crippen LogP contribution in [-0.4, -0.2) is 29.5 Å². The largest absolute Gasteiger partial charge is 0.299 e. The first-order chi connectivity index (χ1) is 16.2. The lowest BCUT2D eigenvalue weighted by Crippen LogP contribution is -2.31. The minimum Gasteiger partial charge on any atom is -0.299 e. The maximum Gasteiger partial charge on any atom is 0.270 e. The molecule has 3 aromatic carbocycles. The average molecular weight is 471 g/mol. The highest BCUT2D eigenvalue weighted by Crippen LogP contribution is 2.38. The van der Waals surface area contributed by atoms with Crippen LogP contribution in [0.2, 0.25) is 0 Å². The molecule has 0 atom stereocenters. The summed E-state index contributed by atoms with van der Waals surface area (Å²) in [7, 11) is 0. The van der Waals surface area contributed by atoms with Crippen molar-refractivity contribution >= 4 is 41.9 Å². The SMILES string of the molecule is Cl.O=[N+]([O-])c1cccc(C=CCN2CCC(=C3c4ccccc4C=Cc4ccccc43)CC2)c1. The lowest BCUT2D eigenvalue weighted by atomic mass is 9.86. The highest BCUT2D eigenvalue weighted by molar-refractivity contribution is 5.94. The maximum absolute atomic E-state index is 11.0. The molecule has 0 saturated carbocycles. The first-order valence-corrected chi connectivity index (χ1v) is 11.4. The summed E-state index contributed by atoms with van der Waals surface area (Å²) in [6, 6.07) is 24.2. The van der Waals surface area contributed by atoms with Crippen molar-refractivity contribution < 1.29 is 4.92 Å². The van der Waals surface area contributed by atoms with Crippen molar-refractivity contribution in [2.75, 3.05) is 19.6 Å². The lowest BCUT2D eigenvalue weighted by Gasteiger charge is -2.29. The zero-order chi connectivity index (χ0) is 22.6. The fourth-order valence-electron chi connectivity index (χ4n) is 4.78. The summed E-state index contributed by atoms with van der Waals surface area (Å²) < 4.78 is 0. The molecule has 1 fully saturated rings. The van der Waals surface area contributed by atoms with Gasteiger partial charge in [0.25, 0.3) is 5.69 Å². The van der Waals surface area contributed by atoms with Gasteiger partial charge in [0.1, 0.15) is 0 Å². The Bertz CT molecular complexity index is 1230. The lowest BCUT2D eigenvalue weighted by molar-refractivity contribution is -0.384. The Labute approximate surface area is 206 Å². The molecule has 1 saturated heterocycles. The molecule has 0 bridgehead atoms. The summed E-state index contributed by atoms with van der Waals surface area (Å²) in [5, 5.41) is 11.0. The highest BCUT2D eigenvalue weighted by Gasteiger charge is 2.22. The van der Waals surface area contributed by atoms with Gasteiger partial charge < -0.3 is 0 Å². The van der Waals surface area contributed by atoms with Crippen LogP contribution in [-0.2, 0) is 0 Å². The Morgan fingerprint density at radius 2 is 1.47 bits per heavy atom. The van der Waals surface area contributed by atoms with E-state index < -0.39 is 0 Å². The number of hydrogen-bond acceptors (Lipinski definition) is 3. The van der Waals surface area contributed by atoms with Crippen LogP contribution in [0.25, 0.3) is 23.8 Å². The molecule has 1 aliphatic heterocycles. The molecule has 0 unspecified atom stereocenters. The molecule has 34 heavy (non-hydrogen) atoms. The van der Waals surface area contributed by atoms with Crippen LogP contribution in [0.5, 0.6) is 0 Å². The van der Waals surface area contributed by atoms with Crippen molar-refractivity contribution in [2.45, 2.75) is 12.8 Å². The molecule has 5 heteroatoms. The Morgan fingerprint density at radius 3 is 2.09 bits per heavy atom. The van der Waals surface area contributed by atoms with E-state index in [1.54, 1.807) is 12.1 Å². The molecule has 2 aliphatic rings. The number of benzene rings is 3. The molecular weight excluding hydrogens is 444 g/mol. The molecule has 3 aromatic rings. The molecule has 172 valence electrons. The van der Waals surface area contributed by atoms with Gasteiger partial charge in [0, 0.05) is 31.8 Å². The van der Waals surface area contributed by atoms with Crippen molar-refractivity contribution in [2.24, 2.45) is 0 Å². The van der Waals surface area contributed by atoms with Gasteiger partial charge in [-0.05, 0) is 46.2 Å². The number of nitro benzene ring substituents is 1. The number of rotatable bonds is 4. The van der Waals surface area contributed by atoms with Crippen molar-refractivity contribution in [3.8, 4) is 0 Å². The minimum atomic E-state index is -0.351. The minimum absolute atomic E-state index is 0. The van der Waals surface area contributed by atoms with Gasteiger partial charge in [-0.15, -0.1) is 12.4 Å². The summed E-state index contributed by atoms with van der Waals surface area (Å²) in [5.74, 6) is 0. The molecule has 0 spiro atoms. The van der Waals surface area contributed by atoms with Crippen LogP contribution in [0.15, 0.2) is 84.4 Å². The third kappa shape index (κ3) is 5.04. The molecular formula is C29H27ClN2O2. The summed E-state index contributed by atoms with van der Waals surface area (Å²) >= 11 is 0. The zero-order valence-electron chi connectivity index (χ0n) is 18.9. The predicted molar refractivity (Wildman–Crippen MR) is 143 cm³/mol. The van der Waals surface area contributed by atoms with E-state index in [0.717, 1.165) is 38.0 Å². The molecule has 0 amide bonds. The van der Waals surface area contributed by atoms with Crippen LogP contribution in [0, 0.1) is 10.1 Å². The monoisotopic (exact) mass is 470 g/mol. The number of nitrogens with zero attached hydrogens (tertiary/aromatic N) is 2. The molecule has 0 radical (unpaired) electrons. The van der Waals surface area contributed by atoms with Gasteiger partial charge in [0.05, 0.1) is 4.92 Å². The standard InChI is InChI=1S/C29H26N2O2.ClH/c32-31(33)26-11-5-7-22(21-26)8-6-18-30-19-16-25(17-20-30)29-27-12-3-1-9-23(27)14-15-24-10-2-4-13-28(24)29;/h1-15,21H,16-20H2;1H. The second kappa shape index (κ2) is 10.6. The maximum atomic E-state index is 11.0. The molecule has 5 rings (SSSR count). The second-order valence-corrected chi connectivity index (χ2v) is 8.54. The van der Waals surface area contributed by atoms with Gasteiger partial charge in [0.2, 0.25) is 0 Å². The first-order valence-electron chi connectivity index (χ1n) is 11.4. The van der Waals surface area contributed by atoms with Crippen LogP contribution < -0.4 is 0 Å². The Morgan fingerprint density at radius 1 is 0.853 bits per heavy atom. The number of halogens is 1. The van der Waals surface area contributed by atoms with E-state index in [1.165, 1.54) is 39.5 Å². The van der Waals surface area contributed by atoms with E-state index in [-0.39, 0.29) is 23.0 Å². The smallest absolute Gasteiger partial charge is 0.270 e. The first kappa shape index (κ1) is 23.7. The van der Waals surface area contributed by atoms with Gasteiger partial charge in [-0.2, -0.15) is 0 Å². The number of likely N-dealkylation sites (tertiary alicyclic amines) is 1. The second-order valence-electron chi connectivity index (χ2n) is 8.54. The topological polar surface area (TPSA) is 46.4 Å². The molecule has 1 aliphatic carbocycles. The fraction of sp³-hybridized carbons (Fsp3) is 0.172. The van der Waals surface area contributed by atoms with Gasteiger partial charge in [0.15, 0.2) is 0 Å². The van der Waals surface area contributed by atoms with Crippen LogP contribution in [0.1, 0.15) is 40.7 Å². The third-order valence-corrected chi connectivity index (χ3v) is 6.47. The summed E-state index contributed by atoms with van der Waals surface area (Å²) in [6.45, 7) is 2.87. The van der Waals surface area contributed by atoms with Crippen LogP contribution in [0.4, 0.5) is 5.69 Å². The van der Waals surface area contributed by atoms with E-state index in [4.69, 9.17) is 0 Å². The fourth-order valence-corrected chi connectivity index (χ4v) is 4.78. The van der Waals surface area contributed by atoms with E-state index in [9.17, 15) is 10.1 Å². The van der Waals surface area contributed by atoms with Gasteiger partial charge >= 0.3 is 0 Å². The zero-order valence-corrected chi connectivity index (χ0v) is 19.7. The van der Waals surface area contributed by atoms with E-state index >= 15 is 0 Å².